The summed E-state index contributed by atoms with van der Waals surface area (Å²) in [6.45, 7) is 1.13. The maximum Gasteiger partial charge on any atom is 0.415 e. The molecule has 1 unspecified atom stereocenters. The molecule has 3 N–H and O–H groups in total. The smallest absolute Gasteiger partial charge is 0.415 e. The fourth-order valence-electron chi connectivity index (χ4n) is 3.25. The van der Waals surface area contributed by atoms with Crippen molar-refractivity contribution in [1.82, 2.24) is 4.90 Å². The standard InChI is InChI=1S/C18H23N3O6/c19-9-12-1-3-13(4-2-12)21-10-15(27-18(21)25)17(24)20-7-5-14(6-8-20)26-11-16(22)23/h1-4,14-15H,5-11,19H2,(H,22,23). The predicted octanol–water partition coefficient (Wildman–Crippen LogP) is 0.563. The van der Waals surface area contributed by atoms with E-state index in [1.165, 1.54) is 4.90 Å². The number of benzene rings is 1. The van der Waals surface area contributed by atoms with Crippen LogP contribution >= 0.6 is 0 Å². The van der Waals surface area contributed by atoms with E-state index in [4.69, 9.17) is 20.3 Å². The Labute approximate surface area is 156 Å². The van der Waals surface area contributed by atoms with Gasteiger partial charge in [-0.2, -0.15) is 0 Å². The van der Waals surface area contributed by atoms with Crippen molar-refractivity contribution in [1.29, 1.82) is 0 Å². The zero-order chi connectivity index (χ0) is 19.4. The molecule has 2 saturated heterocycles. The number of hydrogen-bond donors (Lipinski definition) is 2. The third-order valence-electron chi connectivity index (χ3n) is 4.77. The van der Waals surface area contributed by atoms with Gasteiger partial charge in [0.15, 0.2) is 6.10 Å². The molecule has 2 fully saturated rings. The molecule has 0 spiro atoms. The van der Waals surface area contributed by atoms with Crippen molar-refractivity contribution in [2.45, 2.75) is 31.6 Å². The largest absolute Gasteiger partial charge is 0.480 e. The summed E-state index contributed by atoms with van der Waals surface area (Å²) in [6, 6.07) is 7.22. The van der Waals surface area contributed by atoms with Gasteiger partial charge < -0.3 is 25.2 Å². The van der Waals surface area contributed by atoms with Crippen LogP contribution in [0.15, 0.2) is 24.3 Å². The molecule has 2 heterocycles. The summed E-state index contributed by atoms with van der Waals surface area (Å²) in [5.41, 5.74) is 7.19. The van der Waals surface area contributed by atoms with Crippen LogP contribution < -0.4 is 10.6 Å². The van der Waals surface area contributed by atoms with E-state index in [9.17, 15) is 14.4 Å². The van der Waals surface area contributed by atoms with E-state index in [1.807, 2.05) is 12.1 Å². The maximum atomic E-state index is 12.7. The number of aliphatic carboxylic acids is 1. The van der Waals surface area contributed by atoms with Gasteiger partial charge in [0.05, 0.1) is 12.6 Å². The van der Waals surface area contributed by atoms with Gasteiger partial charge in [0.25, 0.3) is 5.91 Å². The van der Waals surface area contributed by atoms with Crippen molar-refractivity contribution in [3.05, 3.63) is 29.8 Å². The molecule has 27 heavy (non-hydrogen) atoms. The number of carbonyl (C=O) groups is 3. The van der Waals surface area contributed by atoms with Crippen LogP contribution in [0.3, 0.4) is 0 Å². The Hall–Kier alpha value is -2.65. The Balaban J connectivity index is 1.54. The van der Waals surface area contributed by atoms with E-state index in [0.717, 1.165) is 5.56 Å². The van der Waals surface area contributed by atoms with E-state index >= 15 is 0 Å². The van der Waals surface area contributed by atoms with Gasteiger partial charge in [0.1, 0.15) is 6.61 Å². The number of nitrogens with zero attached hydrogens (tertiary/aromatic N) is 2. The molecule has 9 heteroatoms. The number of likely N-dealkylation sites (tertiary alicyclic amines) is 1. The molecule has 1 aromatic carbocycles. The zero-order valence-electron chi connectivity index (χ0n) is 14.9. The molecule has 2 aliphatic heterocycles. The van der Waals surface area contributed by atoms with E-state index < -0.39 is 18.2 Å². The third-order valence-corrected chi connectivity index (χ3v) is 4.77. The van der Waals surface area contributed by atoms with Crippen LogP contribution in [-0.4, -0.2) is 66.4 Å². The van der Waals surface area contributed by atoms with Gasteiger partial charge in [-0.05, 0) is 30.5 Å². The lowest BCUT2D eigenvalue weighted by Crippen LogP contribution is -2.46. The van der Waals surface area contributed by atoms with Crippen molar-refractivity contribution < 1.29 is 29.0 Å². The highest BCUT2D eigenvalue weighted by Gasteiger charge is 2.39. The molecule has 0 saturated carbocycles. The minimum Gasteiger partial charge on any atom is -0.480 e. The highest BCUT2D eigenvalue weighted by atomic mass is 16.6. The monoisotopic (exact) mass is 377 g/mol. The van der Waals surface area contributed by atoms with Gasteiger partial charge in [-0.25, -0.2) is 9.59 Å². The van der Waals surface area contributed by atoms with Gasteiger partial charge in [-0.1, -0.05) is 12.1 Å². The summed E-state index contributed by atoms with van der Waals surface area (Å²) >= 11 is 0. The van der Waals surface area contributed by atoms with Crippen LogP contribution in [0.1, 0.15) is 18.4 Å². The molecule has 146 valence electrons. The molecule has 2 aliphatic rings. The maximum absolute atomic E-state index is 12.7. The molecular formula is C18H23N3O6. The van der Waals surface area contributed by atoms with Crippen LogP contribution in [0.2, 0.25) is 0 Å². The number of amides is 2. The number of hydrogen-bond acceptors (Lipinski definition) is 6. The van der Waals surface area contributed by atoms with Gasteiger partial charge in [-0.3, -0.25) is 9.69 Å². The van der Waals surface area contributed by atoms with E-state index in [0.29, 0.717) is 38.2 Å². The second kappa shape index (κ2) is 8.36. The number of ether oxygens (including phenoxy) is 2. The van der Waals surface area contributed by atoms with E-state index in [-0.39, 0.29) is 25.2 Å². The van der Waals surface area contributed by atoms with Crippen molar-refractivity contribution >= 4 is 23.7 Å². The van der Waals surface area contributed by atoms with Crippen LogP contribution in [-0.2, 0) is 25.6 Å². The molecule has 1 atom stereocenters. The summed E-state index contributed by atoms with van der Waals surface area (Å²) in [6.07, 6.45) is -0.445. The lowest BCUT2D eigenvalue weighted by atomic mass is 10.1. The lowest BCUT2D eigenvalue weighted by Gasteiger charge is -2.32. The van der Waals surface area contributed by atoms with Crippen LogP contribution in [0.25, 0.3) is 0 Å². The second-order valence-electron chi connectivity index (χ2n) is 6.58. The summed E-state index contributed by atoms with van der Waals surface area (Å²) in [4.78, 5) is 38.5. The molecular weight excluding hydrogens is 354 g/mol. The fourth-order valence-corrected chi connectivity index (χ4v) is 3.25. The first kappa shape index (κ1) is 19.1. The van der Waals surface area contributed by atoms with Crippen LogP contribution in [0, 0.1) is 0 Å². The summed E-state index contributed by atoms with van der Waals surface area (Å²) in [7, 11) is 0. The number of carboxylic acid groups (broad SMARTS) is 1. The van der Waals surface area contributed by atoms with Crippen molar-refractivity contribution in [3.63, 3.8) is 0 Å². The van der Waals surface area contributed by atoms with Crippen molar-refractivity contribution in [2.24, 2.45) is 5.73 Å². The molecule has 0 radical (unpaired) electrons. The number of carbonyl (C=O) groups excluding carboxylic acids is 2. The second-order valence-corrected chi connectivity index (χ2v) is 6.58. The average Bonchev–Trinajstić information content (AvgIpc) is 3.08. The normalized spacial score (nSPS) is 20.6. The number of cyclic esters (lactones) is 1. The fraction of sp³-hybridized carbons (Fsp3) is 0.500. The highest BCUT2D eigenvalue weighted by molar-refractivity contribution is 5.95. The third kappa shape index (κ3) is 4.55. The average molecular weight is 377 g/mol. The first-order valence-corrected chi connectivity index (χ1v) is 8.87. The Morgan fingerprint density at radius 2 is 1.89 bits per heavy atom. The number of rotatable bonds is 6. The Morgan fingerprint density at radius 3 is 2.48 bits per heavy atom. The molecule has 9 nitrogen and oxygen atoms in total. The predicted molar refractivity (Wildman–Crippen MR) is 95.1 cm³/mol. The van der Waals surface area contributed by atoms with E-state index in [1.54, 1.807) is 17.0 Å². The molecule has 1 aromatic rings. The zero-order valence-corrected chi connectivity index (χ0v) is 14.9. The molecule has 0 aromatic heterocycles. The highest BCUT2D eigenvalue weighted by Crippen LogP contribution is 2.24. The molecule has 2 amide bonds. The number of carboxylic acids is 1. The molecule has 3 rings (SSSR count). The quantitative estimate of drug-likeness (QED) is 0.743. The first-order valence-electron chi connectivity index (χ1n) is 8.87. The lowest BCUT2D eigenvalue weighted by molar-refractivity contribution is -0.148. The summed E-state index contributed by atoms with van der Waals surface area (Å²) in [5.74, 6) is -1.24. The van der Waals surface area contributed by atoms with Crippen molar-refractivity contribution in [2.75, 3.05) is 31.1 Å². The summed E-state index contributed by atoms with van der Waals surface area (Å²) < 4.78 is 10.5. The minimum absolute atomic E-state index is 0.162. The SMILES string of the molecule is NCc1ccc(N2CC(C(=O)N3CCC(OCC(=O)O)CC3)OC2=O)cc1. The van der Waals surface area contributed by atoms with E-state index in [2.05, 4.69) is 0 Å². The van der Waals surface area contributed by atoms with Crippen molar-refractivity contribution in [3.8, 4) is 0 Å². The molecule has 0 bridgehead atoms. The number of anilines is 1. The van der Waals surface area contributed by atoms with Gasteiger partial charge in [-0.15, -0.1) is 0 Å². The number of nitrogens with two attached hydrogens (primary N) is 1. The van der Waals surface area contributed by atoms with Gasteiger partial charge >= 0.3 is 12.1 Å². The summed E-state index contributed by atoms with van der Waals surface area (Å²) in [5, 5.41) is 8.65. The topological polar surface area (TPSA) is 122 Å². The Kier molecular flexibility index (Phi) is 5.92. The molecule has 0 aliphatic carbocycles. The Bertz CT molecular complexity index is 700. The number of piperidine rings is 1. The van der Waals surface area contributed by atoms with Crippen LogP contribution in [0.4, 0.5) is 10.5 Å². The first-order chi connectivity index (χ1) is 13.0. The van der Waals surface area contributed by atoms with Crippen LogP contribution in [0.5, 0.6) is 0 Å². The Morgan fingerprint density at radius 1 is 1.22 bits per heavy atom. The van der Waals surface area contributed by atoms with Gasteiger partial charge in [0.2, 0.25) is 0 Å². The minimum atomic E-state index is -1.01. The van der Waals surface area contributed by atoms with Gasteiger partial charge in [0, 0.05) is 25.3 Å².